The number of nitrogens with zero attached hydrogens (tertiary/aromatic N) is 2. The van der Waals surface area contributed by atoms with Gasteiger partial charge in [0.15, 0.2) is 0 Å². The molecule has 0 spiro atoms. The summed E-state index contributed by atoms with van der Waals surface area (Å²) in [5.74, 6) is 0. The Labute approximate surface area is 152 Å². The molecule has 2 aromatic rings. The van der Waals surface area contributed by atoms with E-state index in [4.69, 9.17) is 28.5 Å². The first-order valence-corrected chi connectivity index (χ1v) is 9.28. The van der Waals surface area contributed by atoms with Gasteiger partial charge in [0.1, 0.15) is 4.90 Å². The minimum Gasteiger partial charge on any atom is -0.207 e. The molecule has 0 bridgehead atoms. The van der Waals surface area contributed by atoms with E-state index >= 15 is 0 Å². The maximum absolute atomic E-state index is 13.0. The van der Waals surface area contributed by atoms with E-state index in [1.165, 1.54) is 11.4 Å². The smallest absolute Gasteiger partial charge is 0.207 e. The number of hydrogen-bond donors (Lipinski definition) is 0. The van der Waals surface area contributed by atoms with Crippen molar-refractivity contribution in [3.05, 3.63) is 62.6 Å². The molecule has 0 aliphatic rings. The summed E-state index contributed by atoms with van der Waals surface area (Å²) in [5.41, 5.74) is 2.22. The minimum atomic E-state index is -3.83. The van der Waals surface area contributed by atoms with Crippen molar-refractivity contribution < 1.29 is 8.42 Å². The lowest BCUT2D eigenvalue weighted by molar-refractivity contribution is 0.466. The SMILES string of the molecule is Cc1cc(Cl)c(C)c(S(=O)(=O)N(C)Cc2cccc(C#N)c2)c1Cl. The molecule has 0 saturated heterocycles. The topological polar surface area (TPSA) is 61.2 Å². The van der Waals surface area contributed by atoms with Gasteiger partial charge in [-0.3, -0.25) is 0 Å². The quantitative estimate of drug-likeness (QED) is 0.791. The molecule has 0 saturated carbocycles. The standard InChI is InChI=1S/C17H16Cl2N2O2S/c1-11-7-15(18)12(2)17(16(11)19)24(22,23)21(3)10-14-6-4-5-13(8-14)9-20/h4-8H,10H2,1-3H3. The van der Waals surface area contributed by atoms with Gasteiger partial charge in [-0.05, 0) is 48.7 Å². The third kappa shape index (κ3) is 3.57. The molecular weight excluding hydrogens is 367 g/mol. The van der Waals surface area contributed by atoms with Crippen molar-refractivity contribution in [1.29, 1.82) is 5.26 Å². The lowest BCUT2D eigenvalue weighted by atomic mass is 10.1. The Morgan fingerprint density at radius 3 is 2.50 bits per heavy atom. The molecule has 0 N–H and O–H groups in total. The molecule has 0 amide bonds. The van der Waals surface area contributed by atoms with Gasteiger partial charge in [0.2, 0.25) is 10.0 Å². The van der Waals surface area contributed by atoms with E-state index in [1.54, 1.807) is 44.2 Å². The first-order chi connectivity index (χ1) is 11.2. The summed E-state index contributed by atoms with van der Waals surface area (Å²) >= 11 is 12.4. The molecule has 0 aliphatic heterocycles. The van der Waals surface area contributed by atoms with Gasteiger partial charge in [-0.25, -0.2) is 8.42 Å². The monoisotopic (exact) mass is 382 g/mol. The zero-order valence-electron chi connectivity index (χ0n) is 13.5. The molecule has 0 aromatic heterocycles. The molecule has 0 radical (unpaired) electrons. The molecule has 0 unspecified atom stereocenters. The van der Waals surface area contributed by atoms with Crippen LogP contribution >= 0.6 is 23.2 Å². The molecule has 0 heterocycles. The van der Waals surface area contributed by atoms with Crippen LogP contribution in [0.3, 0.4) is 0 Å². The van der Waals surface area contributed by atoms with Gasteiger partial charge in [0.25, 0.3) is 0 Å². The molecule has 2 aromatic carbocycles. The van der Waals surface area contributed by atoms with Gasteiger partial charge in [0, 0.05) is 18.6 Å². The predicted molar refractivity (Wildman–Crippen MR) is 95.7 cm³/mol. The molecule has 7 heteroatoms. The Morgan fingerprint density at radius 1 is 1.21 bits per heavy atom. The Balaban J connectivity index is 2.46. The van der Waals surface area contributed by atoms with E-state index in [0.29, 0.717) is 27.3 Å². The summed E-state index contributed by atoms with van der Waals surface area (Å²) in [6, 6.07) is 10.5. The zero-order valence-corrected chi connectivity index (χ0v) is 15.8. The van der Waals surface area contributed by atoms with Crippen LogP contribution in [-0.2, 0) is 16.6 Å². The second-order valence-electron chi connectivity index (χ2n) is 5.52. The summed E-state index contributed by atoms with van der Waals surface area (Å²) in [7, 11) is -2.36. The molecule has 24 heavy (non-hydrogen) atoms. The first kappa shape index (κ1) is 18.8. The summed E-state index contributed by atoms with van der Waals surface area (Å²) < 4.78 is 27.1. The van der Waals surface area contributed by atoms with Gasteiger partial charge < -0.3 is 0 Å². The maximum Gasteiger partial charge on any atom is 0.244 e. The molecule has 0 atom stereocenters. The Hall–Kier alpha value is -1.58. The van der Waals surface area contributed by atoms with Crippen LogP contribution in [0.4, 0.5) is 0 Å². The minimum absolute atomic E-state index is 0.0214. The van der Waals surface area contributed by atoms with Crippen molar-refractivity contribution in [2.75, 3.05) is 7.05 Å². The van der Waals surface area contributed by atoms with Crippen LogP contribution in [0.1, 0.15) is 22.3 Å². The highest BCUT2D eigenvalue weighted by atomic mass is 35.5. The number of halogens is 2. The Bertz CT molecular complexity index is 908. The lowest BCUT2D eigenvalue weighted by Gasteiger charge is -2.21. The third-order valence-electron chi connectivity index (χ3n) is 3.72. The molecule has 126 valence electrons. The summed E-state index contributed by atoms with van der Waals surface area (Å²) in [6.45, 7) is 3.47. The predicted octanol–water partition coefficient (Wildman–Crippen LogP) is 4.30. The Morgan fingerprint density at radius 2 is 1.88 bits per heavy atom. The van der Waals surface area contributed by atoms with Gasteiger partial charge in [-0.1, -0.05) is 35.3 Å². The number of benzene rings is 2. The fourth-order valence-electron chi connectivity index (χ4n) is 2.36. The van der Waals surface area contributed by atoms with Gasteiger partial charge >= 0.3 is 0 Å². The molecule has 0 aliphatic carbocycles. The highest BCUT2D eigenvalue weighted by Crippen LogP contribution is 2.35. The molecule has 0 fully saturated rings. The third-order valence-corrected chi connectivity index (χ3v) is 6.68. The number of aryl methyl sites for hydroxylation is 1. The van der Waals surface area contributed by atoms with E-state index < -0.39 is 10.0 Å². The lowest BCUT2D eigenvalue weighted by Crippen LogP contribution is -2.27. The van der Waals surface area contributed by atoms with Crippen LogP contribution in [0.15, 0.2) is 35.2 Å². The molecule has 4 nitrogen and oxygen atoms in total. The van der Waals surface area contributed by atoms with Crippen molar-refractivity contribution in [2.45, 2.75) is 25.3 Å². The number of rotatable bonds is 4. The van der Waals surface area contributed by atoms with E-state index in [0.717, 1.165) is 0 Å². The normalized spacial score (nSPS) is 11.5. The summed E-state index contributed by atoms with van der Waals surface area (Å²) in [5, 5.41) is 9.49. The van der Waals surface area contributed by atoms with Crippen LogP contribution in [0.2, 0.25) is 10.0 Å². The fourth-order valence-corrected chi connectivity index (χ4v) is 4.68. The van der Waals surface area contributed by atoms with Crippen molar-refractivity contribution in [3.8, 4) is 6.07 Å². The fraction of sp³-hybridized carbons (Fsp3) is 0.235. The second-order valence-corrected chi connectivity index (χ2v) is 8.28. The van der Waals surface area contributed by atoms with Crippen molar-refractivity contribution in [3.63, 3.8) is 0 Å². The van der Waals surface area contributed by atoms with Gasteiger partial charge in [-0.2, -0.15) is 9.57 Å². The van der Waals surface area contributed by atoms with Crippen LogP contribution in [0, 0.1) is 25.2 Å². The number of nitriles is 1. The molecular formula is C17H16Cl2N2O2S. The highest BCUT2D eigenvalue weighted by Gasteiger charge is 2.28. The molecule has 2 rings (SSSR count). The first-order valence-electron chi connectivity index (χ1n) is 7.09. The average molecular weight is 383 g/mol. The van der Waals surface area contributed by atoms with Gasteiger partial charge in [-0.15, -0.1) is 0 Å². The summed E-state index contributed by atoms with van der Waals surface area (Å²) in [4.78, 5) is 0.0214. The number of hydrogen-bond acceptors (Lipinski definition) is 3. The number of sulfonamides is 1. The zero-order chi connectivity index (χ0) is 18.1. The average Bonchev–Trinajstić information content (AvgIpc) is 2.53. The van der Waals surface area contributed by atoms with Crippen molar-refractivity contribution in [2.24, 2.45) is 0 Å². The van der Waals surface area contributed by atoms with Crippen molar-refractivity contribution in [1.82, 2.24) is 4.31 Å². The van der Waals surface area contributed by atoms with Crippen LogP contribution in [0.25, 0.3) is 0 Å². The van der Waals surface area contributed by atoms with Gasteiger partial charge in [0.05, 0.1) is 16.7 Å². The van der Waals surface area contributed by atoms with E-state index in [-0.39, 0.29) is 16.5 Å². The van der Waals surface area contributed by atoms with Crippen molar-refractivity contribution >= 4 is 33.2 Å². The Kier molecular flexibility index (Phi) is 5.56. The highest BCUT2D eigenvalue weighted by molar-refractivity contribution is 7.89. The van der Waals surface area contributed by atoms with Crippen LogP contribution in [0.5, 0.6) is 0 Å². The van der Waals surface area contributed by atoms with E-state index in [1.807, 2.05) is 6.07 Å². The summed E-state index contributed by atoms with van der Waals surface area (Å²) in [6.07, 6.45) is 0. The maximum atomic E-state index is 13.0. The van der Waals surface area contributed by atoms with E-state index in [9.17, 15) is 8.42 Å². The largest absolute Gasteiger partial charge is 0.244 e. The van der Waals surface area contributed by atoms with Crippen LogP contribution in [-0.4, -0.2) is 19.8 Å². The second kappa shape index (κ2) is 7.12. The van der Waals surface area contributed by atoms with Crippen LogP contribution < -0.4 is 0 Å². The van der Waals surface area contributed by atoms with E-state index in [2.05, 4.69) is 0 Å².